The van der Waals surface area contributed by atoms with Gasteiger partial charge >= 0.3 is 0 Å². The molecule has 0 saturated carbocycles. The van der Waals surface area contributed by atoms with Crippen LogP contribution in [-0.4, -0.2) is 7.85 Å². The van der Waals surface area contributed by atoms with Gasteiger partial charge in [-0.1, -0.05) is 12.7 Å². The molecule has 0 bridgehead atoms. The summed E-state index contributed by atoms with van der Waals surface area (Å²) in [6.07, 6.45) is 5.32. The first-order valence-electron chi connectivity index (χ1n) is 3.35. The average Bonchev–Trinajstić information content (AvgIpc) is 2.03. The zero-order chi connectivity index (χ0) is 8.69. The van der Waals surface area contributed by atoms with Crippen molar-refractivity contribution in [3.63, 3.8) is 0 Å². The van der Waals surface area contributed by atoms with Crippen LogP contribution in [0.1, 0.15) is 6.92 Å². The van der Waals surface area contributed by atoms with E-state index in [1.165, 1.54) is 0 Å². The zero-order valence-electron chi connectivity index (χ0n) is 6.89. The van der Waals surface area contributed by atoms with E-state index in [0.29, 0.717) is 5.57 Å². The van der Waals surface area contributed by atoms with Gasteiger partial charge in [-0.2, -0.15) is 5.26 Å². The number of hydrogen-bond donors (Lipinski definition) is 0. The molecular weight excluding hydrogens is 133 g/mol. The van der Waals surface area contributed by atoms with Gasteiger partial charge < -0.3 is 0 Å². The molecule has 0 N–H and O–H groups in total. The van der Waals surface area contributed by atoms with Crippen LogP contribution in [0.5, 0.6) is 0 Å². The molecule has 0 radical (unpaired) electrons. The molecule has 0 rings (SSSR count). The van der Waals surface area contributed by atoms with Crippen molar-refractivity contribution >= 4 is 7.85 Å². The van der Waals surface area contributed by atoms with Gasteiger partial charge in [-0.3, -0.25) is 0 Å². The SMILES string of the molecule is BC(=C=C)/C=C(C#N)\C=C/C. The van der Waals surface area contributed by atoms with Gasteiger partial charge in [0, 0.05) is 0 Å². The Labute approximate surface area is 68.4 Å². The Morgan fingerprint density at radius 1 is 1.64 bits per heavy atom. The molecule has 0 spiro atoms. The summed E-state index contributed by atoms with van der Waals surface area (Å²) in [6.45, 7) is 5.34. The highest BCUT2D eigenvalue weighted by Crippen LogP contribution is 1.98. The zero-order valence-corrected chi connectivity index (χ0v) is 6.89. The quantitative estimate of drug-likeness (QED) is 0.247. The van der Waals surface area contributed by atoms with Crippen LogP contribution in [-0.2, 0) is 0 Å². The second-order valence-corrected chi connectivity index (χ2v) is 2.07. The van der Waals surface area contributed by atoms with Crippen LogP contribution in [0, 0.1) is 11.3 Å². The van der Waals surface area contributed by atoms with E-state index in [1.54, 1.807) is 12.2 Å². The molecule has 54 valence electrons. The molecule has 0 aliphatic heterocycles. The third-order valence-electron chi connectivity index (χ3n) is 1.13. The normalized spacial score (nSPS) is 10.7. The molecule has 0 aromatic carbocycles. The van der Waals surface area contributed by atoms with E-state index in [0.717, 1.165) is 5.47 Å². The molecule has 0 aliphatic rings. The van der Waals surface area contributed by atoms with Gasteiger partial charge in [0.25, 0.3) is 0 Å². The highest BCUT2D eigenvalue weighted by molar-refractivity contribution is 6.23. The van der Waals surface area contributed by atoms with Crippen molar-refractivity contribution in [2.45, 2.75) is 6.92 Å². The van der Waals surface area contributed by atoms with Crippen molar-refractivity contribution in [2.24, 2.45) is 0 Å². The number of rotatable bonds is 2. The Hall–Kier alpha value is -1.45. The number of nitrogens with zero attached hydrogens (tertiary/aromatic N) is 1. The van der Waals surface area contributed by atoms with E-state index in [2.05, 4.69) is 18.4 Å². The summed E-state index contributed by atoms with van der Waals surface area (Å²) in [5, 5.41) is 8.57. The first-order chi connectivity index (χ1) is 5.24. The molecule has 0 saturated heterocycles. The Morgan fingerprint density at radius 3 is 2.64 bits per heavy atom. The third kappa shape index (κ3) is 4.03. The first kappa shape index (κ1) is 9.55. The molecule has 0 amide bonds. The molecular formula is C9H10BN. The predicted molar refractivity (Wildman–Crippen MR) is 49.7 cm³/mol. The van der Waals surface area contributed by atoms with Crippen LogP contribution in [0.3, 0.4) is 0 Å². The largest absolute Gasteiger partial charge is 0.192 e. The minimum Gasteiger partial charge on any atom is -0.192 e. The second-order valence-electron chi connectivity index (χ2n) is 2.07. The van der Waals surface area contributed by atoms with E-state index in [1.807, 2.05) is 20.8 Å². The lowest BCUT2D eigenvalue weighted by molar-refractivity contribution is 1.49. The monoisotopic (exact) mass is 143 g/mol. The minimum absolute atomic E-state index is 0.626. The lowest BCUT2D eigenvalue weighted by Crippen LogP contribution is -1.76. The van der Waals surface area contributed by atoms with Crippen molar-refractivity contribution in [1.29, 1.82) is 5.26 Å². The highest BCUT2D eigenvalue weighted by Gasteiger charge is 1.86. The number of hydrogen-bond acceptors (Lipinski definition) is 1. The van der Waals surface area contributed by atoms with E-state index >= 15 is 0 Å². The van der Waals surface area contributed by atoms with E-state index in [4.69, 9.17) is 5.26 Å². The van der Waals surface area contributed by atoms with Crippen LogP contribution in [0.4, 0.5) is 0 Å². The van der Waals surface area contributed by atoms with Gasteiger partial charge in [0.15, 0.2) is 0 Å². The fraction of sp³-hybridized carbons (Fsp3) is 0.111. The fourth-order valence-electron chi connectivity index (χ4n) is 0.581. The van der Waals surface area contributed by atoms with Crippen LogP contribution in [0.15, 0.2) is 41.6 Å². The van der Waals surface area contributed by atoms with Gasteiger partial charge in [0.1, 0.15) is 7.85 Å². The lowest BCUT2D eigenvalue weighted by Gasteiger charge is -1.86. The van der Waals surface area contributed by atoms with Gasteiger partial charge in [-0.15, -0.1) is 5.73 Å². The van der Waals surface area contributed by atoms with Gasteiger partial charge in [-0.25, -0.2) is 0 Å². The van der Waals surface area contributed by atoms with Crippen molar-refractivity contribution in [3.8, 4) is 6.07 Å². The Bertz CT molecular complexity index is 272. The predicted octanol–water partition coefficient (Wildman–Crippen LogP) is 1.31. The average molecular weight is 143 g/mol. The molecule has 0 aromatic rings. The minimum atomic E-state index is 0.626. The first-order valence-corrected chi connectivity index (χ1v) is 3.35. The van der Waals surface area contributed by atoms with E-state index < -0.39 is 0 Å². The smallest absolute Gasteiger partial charge is 0.149 e. The van der Waals surface area contributed by atoms with Gasteiger partial charge in [0.2, 0.25) is 0 Å². The van der Waals surface area contributed by atoms with Crippen molar-refractivity contribution in [3.05, 3.63) is 41.6 Å². The van der Waals surface area contributed by atoms with Gasteiger partial charge in [0.05, 0.1) is 11.6 Å². The maximum Gasteiger partial charge on any atom is 0.149 e. The topological polar surface area (TPSA) is 23.8 Å². The van der Waals surface area contributed by atoms with E-state index in [9.17, 15) is 0 Å². The molecule has 0 fully saturated rings. The molecule has 0 unspecified atom stereocenters. The van der Waals surface area contributed by atoms with E-state index in [-0.39, 0.29) is 0 Å². The number of allylic oxidation sites excluding steroid dienone is 5. The van der Waals surface area contributed by atoms with Crippen LogP contribution < -0.4 is 0 Å². The van der Waals surface area contributed by atoms with Gasteiger partial charge in [-0.05, 0) is 24.5 Å². The summed E-state index contributed by atoms with van der Waals surface area (Å²) in [5.74, 6) is 0. The maximum absolute atomic E-state index is 8.57. The second kappa shape index (κ2) is 5.35. The molecule has 11 heavy (non-hydrogen) atoms. The van der Waals surface area contributed by atoms with Crippen LogP contribution in [0.2, 0.25) is 0 Å². The summed E-state index contributed by atoms with van der Waals surface area (Å²) in [6, 6.07) is 2.05. The Kier molecular flexibility index (Phi) is 4.65. The summed E-state index contributed by atoms with van der Waals surface area (Å²) in [7, 11) is 1.86. The van der Waals surface area contributed by atoms with Crippen molar-refractivity contribution < 1.29 is 0 Å². The lowest BCUT2D eigenvalue weighted by atomic mass is 9.95. The third-order valence-corrected chi connectivity index (χ3v) is 1.13. The summed E-state index contributed by atoms with van der Waals surface area (Å²) in [5.41, 5.74) is 4.19. The molecule has 2 heteroatoms. The summed E-state index contributed by atoms with van der Waals surface area (Å²) in [4.78, 5) is 0. The van der Waals surface area contributed by atoms with Crippen LogP contribution >= 0.6 is 0 Å². The maximum atomic E-state index is 8.57. The molecule has 0 heterocycles. The molecule has 1 nitrogen and oxygen atoms in total. The van der Waals surface area contributed by atoms with Crippen molar-refractivity contribution in [1.82, 2.24) is 0 Å². The Balaban J connectivity index is 4.66. The molecule has 0 aliphatic carbocycles. The highest BCUT2D eigenvalue weighted by atomic mass is 14.2. The summed E-state index contributed by atoms with van der Waals surface area (Å²) < 4.78 is 0. The summed E-state index contributed by atoms with van der Waals surface area (Å²) >= 11 is 0. The van der Waals surface area contributed by atoms with Crippen LogP contribution in [0.25, 0.3) is 0 Å². The standard InChI is InChI=1S/C9H10BN/c1-3-5-8(7-11)6-9(10)4-2/h3,5-6H,2,10H2,1H3/b5-3-,8-6+. The molecule has 0 aromatic heterocycles. The molecule has 0 atom stereocenters. The fourth-order valence-corrected chi connectivity index (χ4v) is 0.581. The Morgan fingerprint density at radius 2 is 2.27 bits per heavy atom. The number of nitriles is 1. The van der Waals surface area contributed by atoms with Crippen molar-refractivity contribution in [2.75, 3.05) is 0 Å².